The zero-order chi connectivity index (χ0) is 15.1. The molecule has 0 bridgehead atoms. The molecule has 2 rings (SSSR count). The van der Waals surface area contributed by atoms with Gasteiger partial charge < -0.3 is 24.9 Å². The maximum absolute atomic E-state index is 11.5. The third kappa shape index (κ3) is 5.86. The van der Waals surface area contributed by atoms with Crippen LogP contribution in [0.5, 0.6) is 0 Å². The third-order valence-corrected chi connectivity index (χ3v) is 3.10. The van der Waals surface area contributed by atoms with Crippen LogP contribution < -0.4 is 10.6 Å². The van der Waals surface area contributed by atoms with Crippen LogP contribution in [0.3, 0.4) is 0 Å². The normalized spacial score (nSPS) is 13.9. The van der Waals surface area contributed by atoms with Gasteiger partial charge in [0, 0.05) is 19.8 Å². The molecule has 116 valence electrons. The first-order valence-corrected chi connectivity index (χ1v) is 7.06. The van der Waals surface area contributed by atoms with Gasteiger partial charge in [0.1, 0.15) is 5.76 Å². The zero-order valence-electron chi connectivity index (χ0n) is 11.8. The van der Waals surface area contributed by atoms with Gasteiger partial charge in [-0.3, -0.25) is 0 Å². The van der Waals surface area contributed by atoms with Crippen molar-refractivity contribution >= 4 is 12.0 Å². The van der Waals surface area contributed by atoms with E-state index in [1.165, 1.54) is 25.0 Å². The van der Waals surface area contributed by atoms with Crippen LogP contribution in [0.25, 0.3) is 0 Å². The summed E-state index contributed by atoms with van der Waals surface area (Å²) >= 11 is 0. The van der Waals surface area contributed by atoms with Crippen molar-refractivity contribution < 1.29 is 23.8 Å². The summed E-state index contributed by atoms with van der Waals surface area (Å²) in [4.78, 5) is 22.1. The van der Waals surface area contributed by atoms with E-state index in [1.54, 1.807) is 0 Å². The molecule has 0 unspecified atom stereocenters. The Kier molecular flexibility index (Phi) is 5.62. The van der Waals surface area contributed by atoms with Gasteiger partial charge in [-0.2, -0.15) is 0 Å². The van der Waals surface area contributed by atoms with E-state index in [1.807, 2.05) is 0 Å². The molecule has 7 nitrogen and oxygen atoms in total. The van der Waals surface area contributed by atoms with Gasteiger partial charge in [-0.25, -0.2) is 9.59 Å². The summed E-state index contributed by atoms with van der Waals surface area (Å²) in [7, 11) is 0. The molecule has 1 aromatic heterocycles. The highest BCUT2D eigenvalue weighted by atomic mass is 16.5. The Labute approximate surface area is 122 Å². The molecule has 1 heterocycles. The molecule has 0 atom stereocenters. The van der Waals surface area contributed by atoms with Gasteiger partial charge in [0.05, 0.1) is 6.54 Å². The molecule has 0 radical (unpaired) electrons. The largest absolute Gasteiger partial charge is 0.475 e. The van der Waals surface area contributed by atoms with E-state index in [9.17, 15) is 9.59 Å². The molecule has 0 aliphatic heterocycles. The second kappa shape index (κ2) is 7.68. The minimum Gasteiger partial charge on any atom is -0.475 e. The fraction of sp³-hybridized carbons (Fsp3) is 0.571. The van der Waals surface area contributed by atoms with E-state index in [4.69, 9.17) is 14.3 Å². The highest BCUT2D eigenvalue weighted by Gasteiger charge is 2.20. The van der Waals surface area contributed by atoms with Crippen molar-refractivity contribution in [2.75, 3.05) is 19.8 Å². The summed E-state index contributed by atoms with van der Waals surface area (Å²) in [5.74, 6) is -0.113. The summed E-state index contributed by atoms with van der Waals surface area (Å²) in [6.45, 7) is 2.17. The maximum atomic E-state index is 11.5. The summed E-state index contributed by atoms with van der Waals surface area (Å²) in [5.41, 5.74) is 0. The number of carboxylic acid groups (broad SMARTS) is 1. The Morgan fingerprint density at radius 2 is 2.14 bits per heavy atom. The van der Waals surface area contributed by atoms with E-state index >= 15 is 0 Å². The Morgan fingerprint density at radius 1 is 1.33 bits per heavy atom. The lowest BCUT2D eigenvalue weighted by Gasteiger charge is -2.07. The molecule has 3 N–H and O–H groups in total. The van der Waals surface area contributed by atoms with E-state index in [0.29, 0.717) is 18.9 Å². The van der Waals surface area contributed by atoms with Crippen molar-refractivity contribution in [1.82, 2.24) is 10.6 Å². The molecule has 0 spiro atoms. The Balaban J connectivity index is 1.51. The lowest BCUT2D eigenvalue weighted by molar-refractivity contribution is 0.0660. The van der Waals surface area contributed by atoms with Crippen LogP contribution in [0.2, 0.25) is 0 Å². The predicted molar refractivity (Wildman–Crippen MR) is 74.1 cm³/mol. The van der Waals surface area contributed by atoms with Gasteiger partial charge in [0.2, 0.25) is 5.76 Å². The lowest BCUT2D eigenvalue weighted by atomic mass is 10.4. The van der Waals surface area contributed by atoms with Crippen molar-refractivity contribution in [3.05, 3.63) is 23.7 Å². The average molecular weight is 296 g/mol. The summed E-state index contributed by atoms with van der Waals surface area (Å²) in [6.07, 6.45) is 3.32. The number of amides is 2. The Morgan fingerprint density at radius 3 is 2.81 bits per heavy atom. The molecular weight excluding hydrogens is 276 g/mol. The number of hydrogen-bond acceptors (Lipinski definition) is 4. The standard InChI is InChI=1S/C14H20N2O5/c17-13(18)12-5-4-11(21-12)8-16-14(19)15-6-1-7-20-9-10-2-3-10/h4-5,10H,1-3,6-9H2,(H,17,18)(H2,15,16,19). The number of hydrogen-bond donors (Lipinski definition) is 3. The fourth-order valence-electron chi connectivity index (χ4n) is 1.73. The quantitative estimate of drug-likeness (QED) is 0.601. The Hall–Kier alpha value is -2.02. The number of carboxylic acids is 1. The Bertz CT molecular complexity index is 481. The first-order valence-electron chi connectivity index (χ1n) is 7.06. The average Bonchev–Trinajstić information content (AvgIpc) is 3.15. The molecule has 1 aliphatic rings. The van der Waals surface area contributed by atoms with E-state index in [-0.39, 0.29) is 18.3 Å². The van der Waals surface area contributed by atoms with Crippen molar-refractivity contribution in [1.29, 1.82) is 0 Å². The summed E-state index contributed by atoms with van der Waals surface area (Å²) < 4.78 is 10.5. The second-order valence-electron chi connectivity index (χ2n) is 5.05. The van der Waals surface area contributed by atoms with Crippen LogP contribution in [0.1, 0.15) is 35.6 Å². The van der Waals surface area contributed by atoms with Crippen molar-refractivity contribution in [3.8, 4) is 0 Å². The maximum Gasteiger partial charge on any atom is 0.371 e. The van der Waals surface area contributed by atoms with Crippen molar-refractivity contribution in [2.45, 2.75) is 25.8 Å². The van der Waals surface area contributed by atoms with Gasteiger partial charge in [0.25, 0.3) is 0 Å². The van der Waals surface area contributed by atoms with Crippen molar-refractivity contribution in [2.24, 2.45) is 5.92 Å². The van der Waals surface area contributed by atoms with Gasteiger partial charge in [-0.15, -0.1) is 0 Å². The van der Waals surface area contributed by atoms with Gasteiger partial charge in [-0.05, 0) is 37.3 Å². The summed E-state index contributed by atoms with van der Waals surface area (Å²) in [6, 6.07) is 2.56. The van der Waals surface area contributed by atoms with E-state index in [0.717, 1.165) is 18.9 Å². The van der Waals surface area contributed by atoms with Crippen LogP contribution in [0, 0.1) is 5.92 Å². The molecule has 1 aliphatic carbocycles. The van der Waals surface area contributed by atoms with E-state index in [2.05, 4.69) is 10.6 Å². The first kappa shape index (κ1) is 15.4. The minimum atomic E-state index is -1.13. The smallest absolute Gasteiger partial charge is 0.371 e. The monoisotopic (exact) mass is 296 g/mol. The number of furan rings is 1. The van der Waals surface area contributed by atoms with Gasteiger partial charge in [-0.1, -0.05) is 0 Å². The van der Waals surface area contributed by atoms with E-state index < -0.39 is 5.97 Å². The molecule has 1 fully saturated rings. The highest BCUT2D eigenvalue weighted by molar-refractivity contribution is 5.84. The molecule has 1 aromatic rings. The minimum absolute atomic E-state index is 0.139. The lowest BCUT2D eigenvalue weighted by Crippen LogP contribution is -2.35. The number of carbonyl (C=O) groups is 2. The van der Waals surface area contributed by atoms with Crippen LogP contribution >= 0.6 is 0 Å². The van der Waals surface area contributed by atoms with Crippen LogP contribution in [0.15, 0.2) is 16.5 Å². The van der Waals surface area contributed by atoms with Crippen molar-refractivity contribution in [3.63, 3.8) is 0 Å². The van der Waals surface area contributed by atoms with Crippen LogP contribution in [-0.4, -0.2) is 36.9 Å². The number of rotatable bonds is 9. The second-order valence-corrected chi connectivity index (χ2v) is 5.05. The summed E-state index contributed by atoms with van der Waals surface area (Å²) in [5, 5.41) is 14.0. The number of aromatic carboxylic acids is 1. The first-order chi connectivity index (χ1) is 10.1. The molecule has 21 heavy (non-hydrogen) atoms. The SMILES string of the molecule is O=C(NCCCOCC1CC1)NCc1ccc(C(=O)O)o1. The number of urea groups is 1. The predicted octanol–water partition coefficient (Wildman–Crippen LogP) is 1.59. The third-order valence-electron chi connectivity index (χ3n) is 3.10. The molecule has 0 saturated heterocycles. The molecule has 1 saturated carbocycles. The molecule has 2 amide bonds. The highest BCUT2D eigenvalue weighted by Crippen LogP contribution is 2.28. The van der Waals surface area contributed by atoms with Crippen LogP contribution in [0.4, 0.5) is 4.79 Å². The number of ether oxygens (including phenoxy) is 1. The van der Waals surface area contributed by atoms with Gasteiger partial charge in [0.15, 0.2) is 0 Å². The topological polar surface area (TPSA) is 101 Å². The molecule has 0 aromatic carbocycles. The van der Waals surface area contributed by atoms with Crippen LogP contribution in [-0.2, 0) is 11.3 Å². The molecular formula is C14H20N2O5. The molecule has 7 heteroatoms. The fourth-order valence-corrected chi connectivity index (χ4v) is 1.73. The zero-order valence-corrected chi connectivity index (χ0v) is 11.8. The number of nitrogens with one attached hydrogen (secondary N) is 2. The number of carbonyl (C=O) groups excluding carboxylic acids is 1. The van der Waals surface area contributed by atoms with Gasteiger partial charge >= 0.3 is 12.0 Å².